The molecule has 1 aromatic heterocycles. The number of nitrogens with zero attached hydrogens (tertiary/aromatic N) is 3. The molecule has 2 aromatic rings. The van der Waals surface area contributed by atoms with Gasteiger partial charge in [0.05, 0.1) is 7.11 Å². The van der Waals surface area contributed by atoms with Crippen molar-refractivity contribution in [2.45, 2.75) is 46.2 Å². The normalized spacial score (nSPS) is 12.1. The first-order valence-corrected chi connectivity index (χ1v) is 11.0. The van der Waals surface area contributed by atoms with E-state index in [9.17, 15) is 0 Å². The number of rotatable bonds is 12. The molecule has 1 atom stereocenters. The highest BCUT2D eigenvalue weighted by atomic mass is 127. The van der Waals surface area contributed by atoms with Crippen molar-refractivity contribution in [3.8, 4) is 17.4 Å². The van der Waals surface area contributed by atoms with Gasteiger partial charge in [-0.05, 0) is 57.1 Å². The zero-order chi connectivity index (χ0) is 22.5. The second kappa shape index (κ2) is 15.7. The van der Waals surface area contributed by atoms with Gasteiger partial charge in [-0.2, -0.15) is 0 Å². The minimum atomic E-state index is 0. The second-order valence-electron chi connectivity index (χ2n) is 7.43. The molecule has 1 unspecified atom stereocenters. The maximum atomic E-state index is 5.79. The van der Waals surface area contributed by atoms with E-state index in [1.165, 1.54) is 6.42 Å². The number of benzene rings is 1. The van der Waals surface area contributed by atoms with Crippen LogP contribution in [0.2, 0.25) is 0 Å². The summed E-state index contributed by atoms with van der Waals surface area (Å²) in [5.74, 6) is 2.78. The first-order valence-electron chi connectivity index (χ1n) is 11.0. The average molecular weight is 556 g/mol. The van der Waals surface area contributed by atoms with Crippen LogP contribution in [0.5, 0.6) is 17.4 Å². The lowest BCUT2D eigenvalue weighted by atomic mass is 10.2. The number of hydrogen-bond donors (Lipinski definition) is 2. The van der Waals surface area contributed by atoms with Crippen molar-refractivity contribution >= 4 is 29.9 Å². The Morgan fingerprint density at radius 2 is 1.91 bits per heavy atom. The van der Waals surface area contributed by atoms with Gasteiger partial charge in [-0.15, -0.1) is 24.0 Å². The fourth-order valence-electron chi connectivity index (χ4n) is 3.21. The minimum absolute atomic E-state index is 0. The molecule has 7 nitrogen and oxygen atoms in total. The SMILES string of the molecule is CCN(CC)CCCC(C)NC(=NC)NCc1ccc(Oc2cccc(OC)c2)nc1.I. The van der Waals surface area contributed by atoms with Crippen LogP contribution in [0.25, 0.3) is 0 Å². The number of guanidine groups is 1. The van der Waals surface area contributed by atoms with Crippen LogP contribution in [0, 0.1) is 0 Å². The Bertz CT molecular complexity index is 797. The standard InChI is InChI=1S/C24H37N5O2.HI/c1-6-29(7-2)15-9-10-19(3)28-24(25-4)27-18-20-13-14-23(26-17-20)31-22-12-8-11-21(16-22)30-5;/h8,11-14,16-17,19H,6-7,9-10,15,18H2,1-5H3,(H2,25,27,28);1H. The van der Waals surface area contributed by atoms with Crippen molar-refractivity contribution in [1.82, 2.24) is 20.5 Å². The third-order valence-corrected chi connectivity index (χ3v) is 5.13. The van der Waals surface area contributed by atoms with Crippen LogP contribution in [0.3, 0.4) is 0 Å². The number of ether oxygens (including phenoxy) is 2. The highest BCUT2D eigenvalue weighted by molar-refractivity contribution is 14.0. The van der Waals surface area contributed by atoms with Crippen molar-refractivity contribution in [1.29, 1.82) is 0 Å². The Morgan fingerprint density at radius 3 is 2.53 bits per heavy atom. The number of aromatic nitrogens is 1. The smallest absolute Gasteiger partial charge is 0.219 e. The van der Waals surface area contributed by atoms with Crippen LogP contribution < -0.4 is 20.1 Å². The Hall–Kier alpha value is -2.07. The third-order valence-electron chi connectivity index (χ3n) is 5.13. The third kappa shape index (κ3) is 10.0. The number of methoxy groups -OCH3 is 1. The molecule has 2 N–H and O–H groups in total. The molecule has 1 aromatic carbocycles. The number of aliphatic imine (C=N–C) groups is 1. The molecular weight excluding hydrogens is 517 g/mol. The van der Waals surface area contributed by atoms with Crippen molar-refractivity contribution in [3.05, 3.63) is 48.2 Å². The van der Waals surface area contributed by atoms with Gasteiger partial charge in [0.25, 0.3) is 0 Å². The quantitative estimate of drug-likeness (QED) is 0.225. The van der Waals surface area contributed by atoms with Gasteiger partial charge in [-0.25, -0.2) is 4.98 Å². The molecular formula is C24H38IN5O2. The van der Waals surface area contributed by atoms with Gasteiger partial charge < -0.3 is 25.0 Å². The fraction of sp³-hybridized carbons (Fsp3) is 0.500. The molecule has 0 aliphatic rings. The van der Waals surface area contributed by atoms with Crippen LogP contribution in [0.1, 0.15) is 39.2 Å². The molecule has 2 rings (SSSR count). The Balaban J connectivity index is 0.00000512. The predicted molar refractivity (Wildman–Crippen MR) is 143 cm³/mol. The summed E-state index contributed by atoms with van der Waals surface area (Å²) in [6.45, 7) is 10.6. The van der Waals surface area contributed by atoms with Gasteiger partial charge in [0.1, 0.15) is 11.5 Å². The van der Waals surface area contributed by atoms with Crippen molar-refractivity contribution < 1.29 is 9.47 Å². The molecule has 178 valence electrons. The van der Waals surface area contributed by atoms with Gasteiger partial charge in [-0.1, -0.05) is 26.0 Å². The lowest BCUT2D eigenvalue weighted by Gasteiger charge is -2.21. The molecule has 0 radical (unpaired) electrons. The fourth-order valence-corrected chi connectivity index (χ4v) is 3.21. The molecule has 32 heavy (non-hydrogen) atoms. The van der Waals surface area contributed by atoms with E-state index in [0.717, 1.165) is 43.3 Å². The maximum Gasteiger partial charge on any atom is 0.219 e. The van der Waals surface area contributed by atoms with Crippen LogP contribution in [-0.2, 0) is 6.54 Å². The van der Waals surface area contributed by atoms with Crippen molar-refractivity contribution in [3.63, 3.8) is 0 Å². The van der Waals surface area contributed by atoms with Gasteiger partial charge in [0.2, 0.25) is 5.88 Å². The van der Waals surface area contributed by atoms with Crippen LogP contribution in [-0.4, -0.2) is 55.7 Å². The summed E-state index contributed by atoms with van der Waals surface area (Å²) in [7, 11) is 3.43. The lowest BCUT2D eigenvalue weighted by molar-refractivity contribution is 0.292. The summed E-state index contributed by atoms with van der Waals surface area (Å²) >= 11 is 0. The van der Waals surface area contributed by atoms with Crippen molar-refractivity contribution in [2.75, 3.05) is 33.8 Å². The van der Waals surface area contributed by atoms with E-state index < -0.39 is 0 Å². The summed E-state index contributed by atoms with van der Waals surface area (Å²) in [4.78, 5) is 11.2. The predicted octanol–water partition coefficient (Wildman–Crippen LogP) is 4.68. The zero-order valence-electron chi connectivity index (χ0n) is 19.9. The minimum Gasteiger partial charge on any atom is -0.497 e. The molecule has 0 aliphatic carbocycles. The van der Waals surface area contributed by atoms with E-state index in [0.29, 0.717) is 24.2 Å². The molecule has 0 amide bonds. The molecule has 0 spiro atoms. The topological polar surface area (TPSA) is 71.0 Å². The molecule has 8 heteroatoms. The van der Waals surface area contributed by atoms with Crippen LogP contribution in [0.4, 0.5) is 0 Å². The summed E-state index contributed by atoms with van der Waals surface area (Å²) in [6, 6.07) is 11.7. The van der Waals surface area contributed by atoms with Gasteiger partial charge >= 0.3 is 0 Å². The molecule has 0 saturated heterocycles. The number of halogens is 1. The van der Waals surface area contributed by atoms with Crippen molar-refractivity contribution in [2.24, 2.45) is 4.99 Å². The molecule has 0 aliphatic heterocycles. The summed E-state index contributed by atoms with van der Waals surface area (Å²) in [5, 5.41) is 6.82. The summed E-state index contributed by atoms with van der Waals surface area (Å²) in [6.07, 6.45) is 4.09. The Kier molecular flexibility index (Phi) is 13.7. The van der Waals surface area contributed by atoms with Gasteiger partial charge in [0.15, 0.2) is 5.96 Å². The number of pyridine rings is 1. The van der Waals surface area contributed by atoms with Crippen LogP contribution >= 0.6 is 24.0 Å². The van der Waals surface area contributed by atoms with Gasteiger partial charge in [-0.3, -0.25) is 4.99 Å². The first-order chi connectivity index (χ1) is 15.1. The summed E-state index contributed by atoms with van der Waals surface area (Å²) < 4.78 is 11.0. The van der Waals surface area contributed by atoms with E-state index in [-0.39, 0.29) is 24.0 Å². The monoisotopic (exact) mass is 555 g/mol. The Labute approximate surface area is 210 Å². The molecule has 0 bridgehead atoms. The zero-order valence-corrected chi connectivity index (χ0v) is 22.3. The first kappa shape index (κ1) is 28.0. The molecule has 0 saturated carbocycles. The van der Waals surface area contributed by atoms with E-state index in [2.05, 4.69) is 46.3 Å². The highest BCUT2D eigenvalue weighted by Gasteiger charge is 2.07. The van der Waals surface area contributed by atoms with Crippen LogP contribution in [0.15, 0.2) is 47.6 Å². The number of hydrogen-bond acceptors (Lipinski definition) is 5. The number of nitrogens with one attached hydrogen (secondary N) is 2. The lowest BCUT2D eigenvalue weighted by Crippen LogP contribution is -2.42. The average Bonchev–Trinajstić information content (AvgIpc) is 2.80. The van der Waals surface area contributed by atoms with E-state index in [1.54, 1.807) is 14.2 Å². The Morgan fingerprint density at radius 1 is 1.16 bits per heavy atom. The molecule has 1 heterocycles. The van der Waals surface area contributed by atoms with E-state index >= 15 is 0 Å². The maximum absolute atomic E-state index is 5.79. The molecule has 0 fully saturated rings. The van der Waals surface area contributed by atoms with E-state index in [4.69, 9.17) is 9.47 Å². The highest BCUT2D eigenvalue weighted by Crippen LogP contribution is 2.23. The second-order valence-corrected chi connectivity index (χ2v) is 7.43. The van der Waals surface area contributed by atoms with Gasteiger partial charge in [0, 0.05) is 38.0 Å². The van der Waals surface area contributed by atoms with E-state index in [1.807, 2.05) is 42.6 Å². The summed E-state index contributed by atoms with van der Waals surface area (Å²) in [5.41, 5.74) is 1.05. The largest absolute Gasteiger partial charge is 0.497 e.